The highest BCUT2D eigenvalue weighted by molar-refractivity contribution is 8.01. The fraction of sp³-hybridized carbons (Fsp3) is 0.520. The van der Waals surface area contributed by atoms with Gasteiger partial charge in [0.15, 0.2) is 0 Å². The van der Waals surface area contributed by atoms with Crippen LogP contribution in [0.3, 0.4) is 0 Å². The molecular weight excluding hydrogens is 476 g/mol. The molecule has 1 aromatic heterocycles. The van der Waals surface area contributed by atoms with Gasteiger partial charge < -0.3 is 14.9 Å². The summed E-state index contributed by atoms with van der Waals surface area (Å²) in [6.45, 7) is -0.0231. The van der Waals surface area contributed by atoms with Crippen molar-refractivity contribution in [2.24, 2.45) is 11.8 Å². The van der Waals surface area contributed by atoms with Crippen molar-refractivity contribution in [3.63, 3.8) is 0 Å². The third kappa shape index (κ3) is 7.86. The molecule has 1 heterocycles. The molecule has 8 heteroatoms. The topological polar surface area (TPSA) is 83.8 Å². The minimum atomic E-state index is -0.578. The summed E-state index contributed by atoms with van der Waals surface area (Å²) in [6.07, 6.45) is 5.89. The van der Waals surface area contributed by atoms with Crippen LogP contribution in [0.2, 0.25) is 0 Å². The number of aryl methyl sites for hydroxylation is 1. The normalized spacial score (nSPS) is 21.8. The number of aliphatic hydroxyl groups is 2. The van der Waals surface area contributed by atoms with Crippen LogP contribution in [-0.4, -0.2) is 64.3 Å². The van der Waals surface area contributed by atoms with Crippen molar-refractivity contribution >= 4 is 56.7 Å². The molecule has 0 spiro atoms. The number of rotatable bonds is 13. The van der Waals surface area contributed by atoms with Crippen LogP contribution in [0.15, 0.2) is 42.5 Å². The summed E-state index contributed by atoms with van der Waals surface area (Å²) < 4.78 is 5.89. The van der Waals surface area contributed by atoms with Crippen LogP contribution in [-0.2, 0) is 20.7 Å². The third-order valence-electron chi connectivity index (χ3n) is 5.81. The van der Waals surface area contributed by atoms with E-state index in [1.165, 1.54) is 33.8 Å². The molecule has 0 aliphatic heterocycles. The number of carbonyl (C=O) groups excluding carboxylic acids is 2. The molecule has 2 aromatic rings. The maximum absolute atomic E-state index is 12.5. The number of thiophene rings is 1. The Morgan fingerprint density at radius 1 is 1.33 bits per heavy atom. The van der Waals surface area contributed by atoms with Gasteiger partial charge in [-0.15, -0.1) is 23.1 Å². The van der Waals surface area contributed by atoms with E-state index in [1.807, 2.05) is 18.2 Å². The number of ketones is 1. The average molecular weight is 509 g/mol. The Bertz CT molecular complexity index is 908. The standard InChI is InChI=1S/C25H32O5S3/c1-30-24(29)16-31-11-4-12-32-25-21(18(15-26)14-22(25)28)10-8-19(27)7-9-20-13-17-5-2-3-6-23(17)33-20/h2-3,5-6,8,10,13,18-19,21,25-27H,4,7,9,11-12,14-16H2,1H3/b10-8+/t18-,19-,21-,25+/m0/s1. The van der Waals surface area contributed by atoms with E-state index in [-0.39, 0.29) is 35.4 Å². The number of benzene rings is 1. The van der Waals surface area contributed by atoms with Crippen molar-refractivity contribution in [2.45, 2.75) is 37.0 Å². The largest absolute Gasteiger partial charge is 0.468 e. The van der Waals surface area contributed by atoms with E-state index in [2.05, 4.69) is 22.9 Å². The number of Topliss-reactive ketones (excluding diaryl/α,β-unsaturated/α-hetero) is 1. The van der Waals surface area contributed by atoms with Crippen molar-refractivity contribution in [2.75, 3.05) is 31.0 Å². The second-order valence-electron chi connectivity index (χ2n) is 8.21. The number of hydrogen-bond acceptors (Lipinski definition) is 8. The van der Waals surface area contributed by atoms with Crippen molar-refractivity contribution in [1.29, 1.82) is 0 Å². The van der Waals surface area contributed by atoms with Gasteiger partial charge in [0, 0.05) is 28.5 Å². The zero-order valence-corrected chi connectivity index (χ0v) is 21.3. The Morgan fingerprint density at radius 2 is 2.15 bits per heavy atom. The molecule has 33 heavy (non-hydrogen) atoms. The zero-order valence-electron chi connectivity index (χ0n) is 18.9. The molecule has 0 radical (unpaired) electrons. The highest BCUT2D eigenvalue weighted by Crippen LogP contribution is 2.38. The van der Waals surface area contributed by atoms with Crippen LogP contribution in [0, 0.1) is 11.8 Å². The van der Waals surface area contributed by atoms with Gasteiger partial charge in [0.1, 0.15) is 5.78 Å². The number of thioether (sulfide) groups is 2. The molecule has 0 amide bonds. The Kier molecular flexibility index (Phi) is 10.8. The van der Waals surface area contributed by atoms with Crippen molar-refractivity contribution in [3.8, 4) is 0 Å². The minimum absolute atomic E-state index is 0.0231. The Hall–Kier alpha value is -1.32. The van der Waals surface area contributed by atoms with Crippen LogP contribution in [0.1, 0.15) is 24.1 Å². The van der Waals surface area contributed by atoms with Gasteiger partial charge in [-0.2, -0.15) is 11.8 Å². The zero-order chi connectivity index (χ0) is 23.6. The first-order chi connectivity index (χ1) is 16.0. The molecule has 0 bridgehead atoms. The molecule has 2 N–H and O–H groups in total. The summed E-state index contributed by atoms with van der Waals surface area (Å²) in [5, 5.41) is 21.3. The molecule has 0 saturated heterocycles. The van der Waals surface area contributed by atoms with Crippen molar-refractivity contribution < 1.29 is 24.5 Å². The fourth-order valence-electron chi connectivity index (χ4n) is 4.01. The summed E-state index contributed by atoms with van der Waals surface area (Å²) in [5.41, 5.74) is 0. The molecular formula is C25H32O5S3. The summed E-state index contributed by atoms with van der Waals surface area (Å²) in [6, 6.07) is 10.5. The lowest BCUT2D eigenvalue weighted by Crippen LogP contribution is -2.21. The Labute approximate surface area is 208 Å². The first-order valence-corrected chi connectivity index (χ1v) is 14.3. The van der Waals surface area contributed by atoms with E-state index in [4.69, 9.17) is 0 Å². The number of esters is 1. The highest BCUT2D eigenvalue weighted by atomic mass is 32.2. The maximum Gasteiger partial charge on any atom is 0.315 e. The van der Waals surface area contributed by atoms with Crippen molar-refractivity contribution in [3.05, 3.63) is 47.4 Å². The monoisotopic (exact) mass is 508 g/mol. The van der Waals surface area contributed by atoms with Gasteiger partial charge in [0.2, 0.25) is 0 Å². The molecule has 3 rings (SSSR count). The number of methoxy groups -OCH3 is 1. The molecule has 5 nitrogen and oxygen atoms in total. The quantitative estimate of drug-likeness (QED) is 0.236. The number of fused-ring (bicyclic) bond motifs is 1. The first kappa shape index (κ1) is 26.3. The second-order valence-corrected chi connectivity index (χ2v) is 11.7. The minimum Gasteiger partial charge on any atom is -0.468 e. The van der Waals surface area contributed by atoms with E-state index >= 15 is 0 Å². The summed E-state index contributed by atoms with van der Waals surface area (Å²) in [7, 11) is 1.39. The van der Waals surface area contributed by atoms with Crippen LogP contribution < -0.4 is 0 Å². The Balaban J connectivity index is 1.47. The van der Waals surface area contributed by atoms with Gasteiger partial charge in [-0.05, 0) is 54.2 Å². The second kappa shape index (κ2) is 13.5. The molecule has 1 saturated carbocycles. The number of ether oxygens (including phenoxy) is 1. The van der Waals surface area contributed by atoms with E-state index in [0.717, 1.165) is 24.3 Å². The van der Waals surface area contributed by atoms with Crippen LogP contribution in [0.4, 0.5) is 0 Å². The first-order valence-electron chi connectivity index (χ1n) is 11.3. The van der Waals surface area contributed by atoms with E-state index in [0.29, 0.717) is 18.6 Å². The third-order valence-corrected chi connectivity index (χ3v) is 9.46. The van der Waals surface area contributed by atoms with Gasteiger partial charge in [0.05, 0.1) is 24.2 Å². The SMILES string of the molecule is COC(=O)CSCCCS[C@H]1C(=O)C[C@@H](CO)[C@@H]1/C=C/[C@@H](O)CCc1cc2ccccc2s1. The molecule has 1 aliphatic carbocycles. The summed E-state index contributed by atoms with van der Waals surface area (Å²) in [5.74, 6) is 1.81. The molecule has 180 valence electrons. The fourth-order valence-corrected chi connectivity index (χ4v) is 7.43. The van der Waals surface area contributed by atoms with Gasteiger partial charge in [-0.3, -0.25) is 9.59 Å². The van der Waals surface area contributed by atoms with Crippen LogP contribution in [0.5, 0.6) is 0 Å². The molecule has 1 fully saturated rings. The van der Waals surface area contributed by atoms with Crippen LogP contribution >= 0.6 is 34.9 Å². The van der Waals surface area contributed by atoms with Gasteiger partial charge in [-0.1, -0.05) is 30.4 Å². The number of hydrogen-bond donors (Lipinski definition) is 2. The van der Waals surface area contributed by atoms with E-state index in [1.54, 1.807) is 29.2 Å². The lowest BCUT2D eigenvalue weighted by Gasteiger charge is -2.19. The molecule has 4 atom stereocenters. The van der Waals surface area contributed by atoms with Gasteiger partial charge in [0.25, 0.3) is 0 Å². The lowest BCUT2D eigenvalue weighted by atomic mass is 9.95. The Morgan fingerprint density at radius 3 is 2.91 bits per heavy atom. The van der Waals surface area contributed by atoms with E-state index < -0.39 is 6.10 Å². The maximum atomic E-state index is 12.5. The lowest BCUT2D eigenvalue weighted by molar-refractivity contribution is -0.137. The smallest absolute Gasteiger partial charge is 0.315 e. The predicted molar refractivity (Wildman–Crippen MR) is 139 cm³/mol. The number of allylic oxidation sites excluding steroid dienone is 1. The number of aliphatic hydroxyl groups excluding tert-OH is 2. The predicted octanol–water partition coefficient (Wildman–Crippen LogP) is 4.35. The van der Waals surface area contributed by atoms with Gasteiger partial charge >= 0.3 is 5.97 Å². The summed E-state index contributed by atoms with van der Waals surface area (Å²) >= 11 is 4.92. The highest BCUT2D eigenvalue weighted by Gasteiger charge is 2.40. The molecule has 1 aliphatic rings. The summed E-state index contributed by atoms with van der Waals surface area (Å²) in [4.78, 5) is 25.0. The van der Waals surface area contributed by atoms with E-state index in [9.17, 15) is 19.8 Å². The van der Waals surface area contributed by atoms with Gasteiger partial charge in [-0.25, -0.2) is 0 Å². The molecule has 1 aromatic carbocycles. The number of carbonyl (C=O) groups is 2. The molecule has 0 unspecified atom stereocenters. The average Bonchev–Trinajstić information content (AvgIpc) is 3.38. The van der Waals surface area contributed by atoms with Crippen molar-refractivity contribution in [1.82, 2.24) is 0 Å². The van der Waals surface area contributed by atoms with Crippen LogP contribution in [0.25, 0.3) is 10.1 Å².